The Balaban J connectivity index is 2.55. The average Bonchev–Trinajstić information content (AvgIpc) is 3.05. The largest absolute Gasteiger partial charge is 0.462 e. The Morgan fingerprint density at radius 2 is 1.18 bits per heavy atom. The molecule has 0 bridgehead atoms. The summed E-state index contributed by atoms with van der Waals surface area (Å²) in [4.78, 5) is 25.1. The molecule has 1 fully saturated rings. The third-order valence-corrected chi connectivity index (χ3v) is 9.35. The maximum absolute atomic E-state index is 12.7. The van der Waals surface area contributed by atoms with E-state index in [-0.39, 0.29) is 19.4 Å². The number of hydrogen-bond donors (Lipinski definition) is 4. The van der Waals surface area contributed by atoms with E-state index in [0.29, 0.717) is 12.8 Å². The van der Waals surface area contributed by atoms with Crippen molar-refractivity contribution in [1.82, 2.24) is 0 Å². The number of carbonyl (C=O) groups excluding carboxylic acids is 2. The zero-order chi connectivity index (χ0) is 36.3. The molecule has 1 heterocycles. The fourth-order valence-corrected chi connectivity index (χ4v) is 6.29. The zero-order valence-corrected chi connectivity index (χ0v) is 30.9. The highest BCUT2D eigenvalue weighted by atomic mass is 32.2. The van der Waals surface area contributed by atoms with Gasteiger partial charge in [0.2, 0.25) is 0 Å². The number of ether oxygens (including phenoxy) is 4. The van der Waals surface area contributed by atoms with Crippen LogP contribution in [0.25, 0.3) is 0 Å². The molecule has 12 nitrogen and oxygen atoms in total. The molecule has 0 spiro atoms. The van der Waals surface area contributed by atoms with Crippen LogP contribution in [0.4, 0.5) is 0 Å². The zero-order valence-electron chi connectivity index (χ0n) is 30.1. The first kappa shape index (κ1) is 45.4. The van der Waals surface area contributed by atoms with Crippen molar-refractivity contribution in [2.45, 2.75) is 185 Å². The normalized spacial score (nSPS) is 22.0. The predicted molar refractivity (Wildman–Crippen MR) is 187 cm³/mol. The van der Waals surface area contributed by atoms with E-state index in [1.54, 1.807) is 0 Å². The first-order valence-electron chi connectivity index (χ1n) is 18.7. The van der Waals surface area contributed by atoms with Crippen molar-refractivity contribution >= 4 is 22.1 Å². The first-order valence-corrected chi connectivity index (χ1v) is 20.4. The molecule has 4 N–H and O–H groups in total. The van der Waals surface area contributed by atoms with Crippen molar-refractivity contribution in [2.75, 3.05) is 19.0 Å². The fourth-order valence-electron chi connectivity index (χ4n) is 5.60. The summed E-state index contributed by atoms with van der Waals surface area (Å²) in [6.45, 7) is 3.66. The summed E-state index contributed by atoms with van der Waals surface area (Å²) >= 11 is 0. The van der Waals surface area contributed by atoms with Crippen molar-refractivity contribution in [1.29, 1.82) is 0 Å². The molecule has 0 aromatic carbocycles. The van der Waals surface area contributed by atoms with E-state index in [1.165, 1.54) is 51.4 Å². The lowest BCUT2D eigenvalue weighted by molar-refractivity contribution is -0.297. The summed E-state index contributed by atoms with van der Waals surface area (Å²) < 4.78 is 53.7. The Kier molecular flexibility index (Phi) is 26.0. The number of aliphatic hydroxyl groups is 3. The maximum atomic E-state index is 12.7. The number of unbranched alkanes of at least 4 members (excludes halogenated alkanes) is 16. The van der Waals surface area contributed by atoms with Gasteiger partial charge >= 0.3 is 11.9 Å². The lowest BCUT2D eigenvalue weighted by Crippen LogP contribution is -2.60. The molecule has 288 valence electrons. The summed E-state index contributed by atoms with van der Waals surface area (Å²) in [6, 6.07) is 0. The van der Waals surface area contributed by atoms with Crippen LogP contribution in [0.1, 0.15) is 149 Å². The number of allylic oxidation sites excluding steroid dienone is 2. The highest BCUT2D eigenvalue weighted by Crippen LogP contribution is 2.24. The van der Waals surface area contributed by atoms with E-state index in [1.807, 2.05) is 0 Å². The van der Waals surface area contributed by atoms with E-state index in [0.717, 1.165) is 57.8 Å². The average molecular weight is 723 g/mol. The standard InChI is InChI=1S/C36H66O12S/c1-3-5-7-9-11-13-15-17-18-20-22-24-31(37)45-26-29(47-32(38)25-23-21-19-16-14-12-10-8-6-4-2)27-46-36-35(41)34(40)33(39)30(48-36)28-49(42,43)44/h9,11,29-30,33-36,39-41H,3-8,10,12-28H2,1-2H3,(H,42,43,44)/b11-9+/t29-,30-,33-,34?,35?,36+/m1/s1. The topological polar surface area (TPSA) is 186 Å². The molecule has 49 heavy (non-hydrogen) atoms. The van der Waals surface area contributed by atoms with Gasteiger partial charge in [0, 0.05) is 12.8 Å². The van der Waals surface area contributed by atoms with E-state index >= 15 is 0 Å². The van der Waals surface area contributed by atoms with Gasteiger partial charge in [0.1, 0.15) is 36.8 Å². The third kappa shape index (κ3) is 23.5. The van der Waals surface area contributed by atoms with Crippen LogP contribution in [0.3, 0.4) is 0 Å². The quantitative estimate of drug-likeness (QED) is 0.0296. The molecular weight excluding hydrogens is 656 g/mol. The van der Waals surface area contributed by atoms with Gasteiger partial charge < -0.3 is 34.3 Å². The molecule has 0 radical (unpaired) electrons. The molecule has 1 aliphatic heterocycles. The van der Waals surface area contributed by atoms with Crippen LogP contribution in [-0.2, 0) is 38.7 Å². The number of rotatable bonds is 30. The van der Waals surface area contributed by atoms with E-state index in [2.05, 4.69) is 26.0 Å². The molecule has 1 aliphatic rings. The minimum absolute atomic E-state index is 0.166. The number of esters is 2. The van der Waals surface area contributed by atoms with Crippen LogP contribution in [-0.4, -0.2) is 96.0 Å². The van der Waals surface area contributed by atoms with E-state index in [4.69, 9.17) is 18.9 Å². The van der Waals surface area contributed by atoms with Crippen LogP contribution in [0.2, 0.25) is 0 Å². The highest BCUT2D eigenvalue weighted by molar-refractivity contribution is 7.85. The molecule has 2 unspecified atom stereocenters. The number of hydrogen-bond acceptors (Lipinski definition) is 11. The van der Waals surface area contributed by atoms with Crippen molar-refractivity contribution in [3.8, 4) is 0 Å². The van der Waals surface area contributed by atoms with Gasteiger partial charge in [-0.2, -0.15) is 8.42 Å². The summed E-state index contributed by atoms with van der Waals surface area (Å²) in [5.74, 6) is -1.99. The van der Waals surface area contributed by atoms with E-state index < -0.39 is 71.2 Å². The molecule has 0 aliphatic carbocycles. The number of carbonyl (C=O) groups is 2. The van der Waals surface area contributed by atoms with Crippen LogP contribution >= 0.6 is 0 Å². The summed E-state index contributed by atoms with van der Waals surface area (Å²) in [5, 5.41) is 30.7. The molecule has 0 amide bonds. The monoisotopic (exact) mass is 722 g/mol. The lowest BCUT2D eigenvalue weighted by atomic mass is 10.00. The highest BCUT2D eigenvalue weighted by Gasteiger charge is 2.46. The number of aliphatic hydroxyl groups excluding tert-OH is 3. The molecular formula is C36H66O12S. The molecule has 0 aromatic rings. The Hall–Kier alpha value is -1.61. The Labute approximate surface area is 295 Å². The lowest BCUT2D eigenvalue weighted by Gasteiger charge is -2.40. The Morgan fingerprint density at radius 3 is 1.76 bits per heavy atom. The summed E-state index contributed by atoms with van der Waals surface area (Å²) in [6.07, 6.45) is 15.7. The van der Waals surface area contributed by atoms with Gasteiger partial charge in [-0.15, -0.1) is 0 Å². The van der Waals surface area contributed by atoms with Crippen LogP contribution in [0.5, 0.6) is 0 Å². The van der Waals surface area contributed by atoms with Gasteiger partial charge in [-0.1, -0.05) is 116 Å². The molecule has 0 saturated carbocycles. The van der Waals surface area contributed by atoms with Crippen molar-refractivity contribution in [3.05, 3.63) is 12.2 Å². The fraction of sp³-hybridized carbons (Fsp3) is 0.889. The van der Waals surface area contributed by atoms with E-state index in [9.17, 15) is 37.9 Å². The third-order valence-electron chi connectivity index (χ3n) is 8.60. The predicted octanol–water partition coefficient (Wildman–Crippen LogP) is 5.94. The molecule has 1 rings (SSSR count). The Morgan fingerprint density at radius 1 is 0.673 bits per heavy atom. The molecule has 6 atom stereocenters. The van der Waals surface area contributed by atoms with Gasteiger partial charge in [0.25, 0.3) is 10.1 Å². The first-order chi connectivity index (χ1) is 23.5. The second-order valence-corrected chi connectivity index (χ2v) is 14.7. The summed E-state index contributed by atoms with van der Waals surface area (Å²) in [5.41, 5.74) is 0. The minimum atomic E-state index is -4.59. The van der Waals surface area contributed by atoms with Gasteiger partial charge in [-0.3, -0.25) is 14.1 Å². The van der Waals surface area contributed by atoms with Crippen LogP contribution < -0.4 is 0 Å². The molecule has 1 saturated heterocycles. The molecule has 0 aromatic heterocycles. The van der Waals surface area contributed by atoms with Gasteiger partial charge in [-0.05, 0) is 32.1 Å². The van der Waals surface area contributed by atoms with Crippen molar-refractivity contribution < 1.29 is 56.8 Å². The van der Waals surface area contributed by atoms with Crippen molar-refractivity contribution in [3.63, 3.8) is 0 Å². The SMILES string of the molecule is CCCC/C=C/CCCCCCCC(=O)OC[C@H](CO[C@H]1O[C@H](CS(=O)(=O)O)[C@@H](O)C(O)C1O)OC(=O)CCCCCCCCCCCC. The smallest absolute Gasteiger partial charge is 0.306 e. The van der Waals surface area contributed by atoms with Crippen LogP contribution in [0.15, 0.2) is 12.2 Å². The van der Waals surface area contributed by atoms with Crippen molar-refractivity contribution in [2.24, 2.45) is 0 Å². The van der Waals surface area contributed by atoms with Crippen LogP contribution in [0, 0.1) is 0 Å². The second-order valence-electron chi connectivity index (χ2n) is 13.2. The van der Waals surface area contributed by atoms with Gasteiger partial charge in [0.05, 0.1) is 6.61 Å². The molecule has 13 heteroatoms. The minimum Gasteiger partial charge on any atom is -0.462 e. The Bertz CT molecular complexity index is 989. The van der Waals surface area contributed by atoms with Gasteiger partial charge in [-0.25, -0.2) is 0 Å². The maximum Gasteiger partial charge on any atom is 0.306 e. The summed E-state index contributed by atoms with van der Waals surface area (Å²) in [7, 11) is -4.59. The second kappa shape index (κ2) is 28.0. The van der Waals surface area contributed by atoms with Gasteiger partial charge in [0.15, 0.2) is 12.4 Å².